The minimum Gasteiger partial charge on any atom is -0.0945 e. The molecular formula is C25H26. The topological polar surface area (TPSA) is 0 Å². The number of aryl methyl sites for hydroxylation is 2. The highest BCUT2D eigenvalue weighted by Crippen LogP contribution is 2.27. The van der Waals surface area contributed by atoms with Crippen LogP contribution in [-0.2, 0) is 0 Å². The Morgan fingerprint density at radius 3 is 2.12 bits per heavy atom. The molecular weight excluding hydrogens is 300 g/mol. The molecule has 2 aromatic carbocycles. The van der Waals surface area contributed by atoms with Crippen LogP contribution >= 0.6 is 0 Å². The molecule has 0 nitrogen and oxygen atoms in total. The highest BCUT2D eigenvalue weighted by Gasteiger charge is 2.15. The van der Waals surface area contributed by atoms with E-state index in [0.717, 1.165) is 22.6 Å². The molecule has 0 N–H and O–H groups in total. The van der Waals surface area contributed by atoms with E-state index < -0.39 is 0 Å². The molecule has 1 aliphatic rings. The Hall–Kier alpha value is -2.44. The summed E-state index contributed by atoms with van der Waals surface area (Å²) in [4.78, 5) is 0. The zero-order valence-corrected chi connectivity index (χ0v) is 15.5. The van der Waals surface area contributed by atoms with Gasteiger partial charge in [-0.05, 0) is 81.3 Å². The molecule has 25 heavy (non-hydrogen) atoms. The first-order valence-electron chi connectivity index (χ1n) is 9.31. The van der Waals surface area contributed by atoms with Crippen molar-refractivity contribution in [1.82, 2.24) is 0 Å². The fourth-order valence-electron chi connectivity index (χ4n) is 3.25. The van der Waals surface area contributed by atoms with Crippen LogP contribution in [0.3, 0.4) is 0 Å². The van der Waals surface area contributed by atoms with Crippen molar-refractivity contribution in [1.29, 1.82) is 0 Å². The van der Waals surface area contributed by atoms with E-state index in [2.05, 4.69) is 86.9 Å². The average molecular weight is 326 g/mol. The molecule has 3 rings (SSSR count). The lowest BCUT2D eigenvalue weighted by Gasteiger charge is -2.21. The number of benzene rings is 2. The van der Waals surface area contributed by atoms with Gasteiger partial charge in [0.25, 0.3) is 0 Å². The molecule has 0 aliphatic heterocycles. The maximum Gasteiger partial charge on any atom is 0.0279 e. The van der Waals surface area contributed by atoms with Crippen molar-refractivity contribution in [3.63, 3.8) is 0 Å². The van der Waals surface area contributed by atoms with Gasteiger partial charge in [-0.3, -0.25) is 0 Å². The van der Waals surface area contributed by atoms with Gasteiger partial charge < -0.3 is 0 Å². The van der Waals surface area contributed by atoms with Crippen LogP contribution in [0.4, 0.5) is 0 Å². The third-order valence-electron chi connectivity index (χ3n) is 5.06. The van der Waals surface area contributed by atoms with Crippen molar-refractivity contribution in [2.75, 3.05) is 0 Å². The van der Waals surface area contributed by atoms with Crippen molar-refractivity contribution < 1.29 is 0 Å². The van der Waals surface area contributed by atoms with E-state index >= 15 is 0 Å². The normalized spacial score (nSPS) is 19.3. The van der Waals surface area contributed by atoms with E-state index in [1.54, 1.807) is 0 Å². The van der Waals surface area contributed by atoms with E-state index in [1.165, 1.54) is 36.8 Å². The fourth-order valence-corrected chi connectivity index (χ4v) is 3.25. The van der Waals surface area contributed by atoms with Gasteiger partial charge in [0.1, 0.15) is 0 Å². The molecule has 1 aliphatic carbocycles. The van der Waals surface area contributed by atoms with E-state index in [1.807, 2.05) is 0 Å². The van der Waals surface area contributed by atoms with E-state index in [0.29, 0.717) is 5.92 Å². The van der Waals surface area contributed by atoms with Crippen LogP contribution in [0.25, 0.3) is 0 Å². The largest absolute Gasteiger partial charge is 0.0945 e. The van der Waals surface area contributed by atoms with Crippen molar-refractivity contribution in [3.8, 4) is 23.7 Å². The first-order valence-corrected chi connectivity index (χ1v) is 9.31. The summed E-state index contributed by atoms with van der Waals surface area (Å²) in [7, 11) is 0. The Morgan fingerprint density at radius 1 is 0.760 bits per heavy atom. The van der Waals surface area contributed by atoms with Gasteiger partial charge in [-0.2, -0.15) is 0 Å². The second kappa shape index (κ2) is 8.09. The SMILES string of the molecule is Cc1ccc(C#Cc2ccc(C#CC3CCC(C)CC3)cc2C)cc1. The predicted molar refractivity (Wildman–Crippen MR) is 106 cm³/mol. The van der Waals surface area contributed by atoms with E-state index in [-0.39, 0.29) is 0 Å². The Kier molecular flexibility index (Phi) is 5.63. The molecule has 1 saturated carbocycles. The summed E-state index contributed by atoms with van der Waals surface area (Å²) < 4.78 is 0. The Labute approximate surface area is 152 Å². The molecule has 0 spiro atoms. The molecule has 0 atom stereocenters. The smallest absolute Gasteiger partial charge is 0.0279 e. The Bertz CT molecular complexity index is 839. The van der Waals surface area contributed by atoms with Gasteiger partial charge in [-0.15, -0.1) is 0 Å². The fraction of sp³-hybridized carbons (Fsp3) is 0.360. The summed E-state index contributed by atoms with van der Waals surface area (Å²) in [6.07, 6.45) is 5.17. The minimum absolute atomic E-state index is 0.581. The molecule has 0 radical (unpaired) electrons. The zero-order valence-electron chi connectivity index (χ0n) is 15.5. The van der Waals surface area contributed by atoms with Gasteiger partial charge in [0.2, 0.25) is 0 Å². The van der Waals surface area contributed by atoms with Crippen LogP contribution < -0.4 is 0 Å². The van der Waals surface area contributed by atoms with Crippen molar-refractivity contribution in [3.05, 3.63) is 70.3 Å². The number of rotatable bonds is 0. The second-order valence-electron chi connectivity index (χ2n) is 7.37. The van der Waals surface area contributed by atoms with Crippen LogP contribution in [0.1, 0.15) is 60.4 Å². The van der Waals surface area contributed by atoms with Crippen LogP contribution in [0.2, 0.25) is 0 Å². The average Bonchev–Trinajstić information content (AvgIpc) is 2.62. The van der Waals surface area contributed by atoms with Gasteiger partial charge in [0.15, 0.2) is 0 Å². The molecule has 2 aromatic rings. The lowest BCUT2D eigenvalue weighted by molar-refractivity contribution is 0.337. The monoisotopic (exact) mass is 326 g/mol. The Morgan fingerprint density at radius 2 is 1.44 bits per heavy atom. The van der Waals surface area contributed by atoms with Crippen molar-refractivity contribution in [2.24, 2.45) is 11.8 Å². The van der Waals surface area contributed by atoms with Crippen molar-refractivity contribution in [2.45, 2.75) is 46.5 Å². The summed E-state index contributed by atoms with van der Waals surface area (Å²) in [6, 6.07) is 14.7. The predicted octanol–water partition coefficient (Wildman–Crippen LogP) is 5.88. The molecule has 0 amide bonds. The third-order valence-corrected chi connectivity index (χ3v) is 5.06. The molecule has 0 aromatic heterocycles. The third kappa shape index (κ3) is 5.01. The summed E-state index contributed by atoms with van der Waals surface area (Å²) in [5, 5.41) is 0. The summed E-state index contributed by atoms with van der Waals surface area (Å²) in [5.74, 6) is 14.9. The molecule has 0 heterocycles. The lowest BCUT2D eigenvalue weighted by atomic mass is 9.83. The first-order chi connectivity index (χ1) is 12.1. The zero-order chi connectivity index (χ0) is 17.6. The van der Waals surface area contributed by atoms with Gasteiger partial charge >= 0.3 is 0 Å². The standard InChI is InChI=1S/C25H26/c1-19-4-8-22(9-5-19)12-13-24-15-17-25(21(3)18-24)16-14-23-10-6-20(2)7-11-23/h6-7,10-11,15,17-19,22H,4-5,8-9H2,1-3H3. The van der Waals surface area contributed by atoms with Gasteiger partial charge in [-0.25, -0.2) is 0 Å². The van der Waals surface area contributed by atoms with Gasteiger partial charge in [0.05, 0.1) is 0 Å². The quantitative estimate of drug-likeness (QED) is 0.530. The summed E-state index contributed by atoms with van der Waals surface area (Å²) >= 11 is 0. The van der Waals surface area contributed by atoms with Crippen LogP contribution in [0, 0.1) is 49.4 Å². The molecule has 0 heteroatoms. The lowest BCUT2D eigenvalue weighted by Crippen LogP contribution is -2.10. The minimum atomic E-state index is 0.581. The number of hydrogen-bond acceptors (Lipinski definition) is 0. The van der Waals surface area contributed by atoms with E-state index in [4.69, 9.17) is 0 Å². The van der Waals surface area contributed by atoms with Gasteiger partial charge in [-0.1, -0.05) is 48.3 Å². The van der Waals surface area contributed by atoms with Crippen molar-refractivity contribution >= 4 is 0 Å². The van der Waals surface area contributed by atoms with Crippen LogP contribution in [-0.4, -0.2) is 0 Å². The second-order valence-corrected chi connectivity index (χ2v) is 7.37. The van der Waals surface area contributed by atoms with Gasteiger partial charge in [0, 0.05) is 22.6 Å². The van der Waals surface area contributed by atoms with Crippen LogP contribution in [0.5, 0.6) is 0 Å². The first kappa shape index (κ1) is 17.4. The Balaban J connectivity index is 1.70. The highest BCUT2D eigenvalue weighted by atomic mass is 14.2. The molecule has 0 saturated heterocycles. The molecule has 126 valence electrons. The molecule has 1 fully saturated rings. The molecule has 0 unspecified atom stereocenters. The highest BCUT2D eigenvalue weighted by molar-refractivity contribution is 5.50. The maximum atomic E-state index is 3.48. The summed E-state index contributed by atoms with van der Waals surface area (Å²) in [6.45, 7) is 6.56. The van der Waals surface area contributed by atoms with E-state index in [9.17, 15) is 0 Å². The molecule has 0 bridgehead atoms. The summed E-state index contributed by atoms with van der Waals surface area (Å²) in [5.41, 5.74) is 5.70. The number of hydrogen-bond donors (Lipinski definition) is 0. The van der Waals surface area contributed by atoms with Crippen LogP contribution in [0.15, 0.2) is 42.5 Å². The maximum absolute atomic E-state index is 3.48.